The van der Waals surface area contributed by atoms with E-state index in [-0.39, 0.29) is 23.2 Å². The summed E-state index contributed by atoms with van der Waals surface area (Å²) in [6.07, 6.45) is 3.19. The molecule has 8 heteroatoms. The zero-order valence-corrected chi connectivity index (χ0v) is 11.2. The van der Waals surface area contributed by atoms with E-state index in [1.54, 1.807) is 24.9 Å². The summed E-state index contributed by atoms with van der Waals surface area (Å²) in [5, 5.41) is 8.24. The van der Waals surface area contributed by atoms with Crippen LogP contribution in [0.5, 0.6) is 0 Å². The van der Waals surface area contributed by atoms with Crippen molar-refractivity contribution in [1.82, 2.24) is 14.8 Å². The van der Waals surface area contributed by atoms with Gasteiger partial charge in [0, 0.05) is 18.6 Å². The van der Waals surface area contributed by atoms with Crippen LogP contribution in [0.25, 0.3) is 0 Å². The zero-order chi connectivity index (χ0) is 13.8. The first-order valence-corrected chi connectivity index (χ1v) is 6.40. The molecule has 0 aliphatic heterocycles. The van der Waals surface area contributed by atoms with Crippen molar-refractivity contribution in [3.05, 3.63) is 28.5 Å². The SMILES string of the molecule is CCOC(=O)c1nc(C(=O)Nc2cnn(C)c2)cs1. The Hall–Kier alpha value is -2.22. The Morgan fingerprint density at radius 2 is 2.32 bits per heavy atom. The lowest BCUT2D eigenvalue weighted by Crippen LogP contribution is -2.13. The van der Waals surface area contributed by atoms with Crippen LogP contribution in [0, 0.1) is 0 Å². The van der Waals surface area contributed by atoms with Crippen LogP contribution in [0.15, 0.2) is 17.8 Å². The molecule has 0 saturated heterocycles. The Labute approximate surface area is 113 Å². The van der Waals surface area contributed by atoms with Gasteiger partial charge >= 0.3 is 5.97 Å². The van der Waals surface area contributed by atoms with Crippen molar-refractivity contribution in [2.24, 2.45) is 7.05 Å². The van der Waals surface area contributed by atoms with Crippen LogP contribution < -0.4 is 5.32 Å². The van der Waals surface area contributed by atoms with Crippen molar-refractivity contribution in [3.8, 4) is 0 Å². The molecular formula is C11H12N4O3S. The standard InChI is InChI=1S/C11H12N4O3S/c1-3-18-11(17)10-14-8(6-19-10)9(16)13-7-4-12-15(2)5-7/h4-6H,3H2,1-2H3,(H,13,16). The van der Waals surface area contributed by atoms with E-state index in [0.29, 0.717) is 5.69 Å². The number of ether oxygens (including phenoxy) is 1. The lowest BCUT2D eigenvalue weighted by molar-refractivity contribution is 0.0526. The molecule has 0 atom stereocenters. The lowest BCUT2D eigenvalue weighted by Gasteiger charge is -1.98. The maximum absolute atomic E-state index is 11.9. The summed E-state index contributed by atoms with van der Waals surface area (Å²) in [6.45, 7) is 1.98. The Bertz CT molecular complexity index is 605. The van der Waals surface area contributed by atoms with E-state index >= 15 is 0 Å². The van der Waals surface area contributed by atoms with Gasteiger partial charge in [-0.1, -0.05) is 0 Å². The highest BCUT2D eigenvalue weighted by atomic mass is 32.1. The molecule has 0 bridgehead atoms. The monoisotopic (exact) mass is 280 g/mol. The molecule has 0 saturated carbocycles. The molecular weight excluding hydrogens is 268 g/mol. The summed E-state index contributed by atoms with van der Waals surface area (Å²) in [6, 6.07) is 0. The quantitative estimate of drug-likeness (QED) is 0.853. The summed E-state index contributed by atoms with van der Waals surface area (Å²) < 4.78 is 6.38. The van der Waals surface area contributed by atoms with Crippen LogP contribution in [0.4, 0.5) is 5.69 Å². The number of amides is 1. The van der Waals surface area contributed by atoms with Crippen molar-refractivity contribution in [1.29, 1.82) is 0 Å². The molecule has 2 heterocycles. The third-order valence-electron chi connectivity index (χ3n) is 2.15. The lowest BCUT2D eigenvalue weighted by atomic mass is 10.4. The molecule has 100 valence electrons. The summed E-state index contributed by atoms with van der Waals surface area (Å²) in [7, 11) is 1.75. The van der Waals surface area contributed by atoms with Gasteiger partial charge in [0.05, 0.1) is 18.5 Å². The number of carbonyl (C=O) groups excluding carboxylic acids is 2. The summed E-state index contributed by atoms with van der Waals surface area (Å²) in [5.41, 5.74) is 0.745. The molecule has 7 nitrogen and oxygen atoms in total. The number of aryl methyl sites for hydroxylation is 1. The van der Waals surface area contributed by atoms with Crippen LogP contribution in [-0.4, -0.2) is 33.2 Å². The van der Waals surface area contributed by atoms with E-state index in [9.17, 15) is 9.59 Å². The van der Waals surface area contributed by atoms with Gasteiger partial charge in [0.2, 0.25) is 5.01 Å². The molecule has 0 radical (unpaired) electrons. The van der Waals surface area contributed by atoms with E-state index in [4.69, 9.17) is 4.74 Å². The fraction of sp³-hybridized carbons (Fsp3) is 0.273. The molecule has 0 aliphatic rings. The van der Waals surface area contributed by atoms with Gasteiger partial charge in [-0.05, 0) is 6.92 Å². The number of anilines is 1. The normalized spacial score (nSPS) is 10.2. The fourth-order valence-corrected chi connectivity index (χ4v) is 2.03. The van der Waals surface area contributed by atoms with Crippen LogP contribution >= 0.6 is 11.3 Å². The van der Waals surface area contributed by atoms with Gasteiger partial charge in [-0.3, -0.25) is 9.48 Å². The fourth-order valence-electron chi connectivity index (χ4n) is 1.35. The van der Waals surface area contributed by atoms with Gasteiger partial charge < -0.3 is 10.1 Å². The largest absolute Gasteiger partial charge is 0.461 e. The van der Waals surface area contributed by atoms with Crippen molar-refractivity contribution in [3.63, 3.8) is 0 Å². The molecule has 2 rings (SSSR count). The molecule has 1 amide bonds. The minimum Gasteiger partial charge on any atom is -0.461 e. The molecule has 19 heavy (non-hydrogen) atoms. The first kappa shape index (κ1) is 13.2. The van der Waals surface area contributed by atoms with Gasteiger partial charge in [-0.2, -0.15) is 5.10 Å². The van der Waals surface area contributed by atoms with Gasteiger partial charge in [0.25, 0.3) is 5.91 Å². The second-order valence-electron chi connectivity index (χ2n) is 3.62. The Morgan fingerprint density at radius 1 is 1.53 bits per heavy atom. The minimum atomic E-state index is -0.520. The molecule has 2 aromatic heterocycles. The molecule has 0 fully saturated rings. The topological polar surface area (TPSA) is 86.1 Å². The predicted molar refractivity (Wildman–Crippen MR) is 69.2 cm³/mol. The number of hydrogen-bond donors (Lipinski definition) is 1. The number of thiazole rings is 1. The van der Waals surface area contributed by atoms with Crippen LogP contribution in [0.1, 0.15) is 27.2 Å². The number of nitrogens with one attached hydrogen (secondary N) is 1. The third-order valence-corrected chi connectivity index (χ3v) is 2.97. The van der Waals surface area contributed by atoms with Crippen molar-refractivity contribution in [2.45, 2.75) is 6.92 Å². The first-order chi connectivity index (χ1) is 9.10. The number of hydrogen-bond acceptors (Lipinski definition) is 6. The maximum atomic E-state index is 11.9. The highest BCUT2D eigenvalue weighted by molar-refractivity contribution is 7.11. The van der Waals surface area contributed by atoms with Crippen molar-refractivity contribution in [2.75, 3.05) is 11.9 Å². The average Bonchev–Trinajstić information content (AvgIpc) is 2.98. The van der Waals surface area contributed by atoms with E-state index in [2.05, 4.69) is 15.4 Å². The van der Waals surface area contributed by atoms with Crippen LogP contribution in [-0.2, 0) is 11.8 Å². The highest BCUT2D eigenvalue weighted by Gasteiger charge is 2.16. The summed E-state index contributed by atoms with van der Waals surface area (Å²) in [5.74, 6) is -0.910. The Kier molecular flexibility index (Phi) is 3.91. The predicted octanol–water partition coefficient (Wildman–Crippen LogP) is 1.31. The number of aromatic nitrogens is 3. The third kappa shape index (κ3) is 3.16. The molecule has 0 unspecified atom stereocenters. The molecule has 0 aliphatic carbocycles. The highest BCUT2D eigenvalue weighted by Crippen LogP contribution is 2.13. The summed E-state index contributed by atoms with van der Waals surface area (Å²) in [4.78, 5) is 27.2. The van der Waals surface area contributed by atoms with E-state index < -0.39 is 5.97 Å². The number of esters is 1. The first-order valence-electron chi connectivity index (χ1n) is 5.52. The van der Waals surface area contributed by atoms with Gasteiger partial charge in [0.1, 0.15) is 5.69 Å². The Balaban J connectivity index is 2.06. The zero-order valence-electron chi connectivity index (χ0n) is 10.4. The second-order valence-corrected chi connectivity index (χ2v) is 4.47. The average molecular weight is 280 g/mol. The molecule has 0 spiro atoms. The smallest absolute Gasteiger partial charge is 0.367 e. The van der Waals surface area contributed by atoms with Gasteiger partial charge in [0.15, 0.2) is 0 Å². The molecule has 2 aromatic rings. The number of rotatable bonds is 4. The second kappa shape index (κ2) is 5.61. The van der Waals surface area contributed by atoms with Crippen molar-refractivity contribution >= 4 is 28.9 Å². The van der Waals surface area contributed by atoms with Crippen molar-refractivity contribution < 1.29 is 14.3 Å². The Morgan fingerprint density at radius 3 is 2.95 bits per heavy atom. The molecule has 1 N–H and O–H groups in total. The van der Waals surface area contributed by atoms with Gasteiger partial charge in [-0.15, -0.1) is 11.3 Å². The van der Waals surface area contributed by atoms with E-state index in [0.717, 1.165) is 11.3 Å². The van der Waals surface area contributed by atoms with E-state index in [1.807, 2.05) is 0 Å². The van der Waals surface area contributed by atoms with Crippen LogP contribution in [0.2, 0.25) is 0 Å². The summed E-state index contributed by atoms with van der Waals surface area (Å²) >= 11 is 1.07. The number of carbonyl (C=O) groups is 2. The van der Waals surface area contributed by atoms with E-state index in [1.165, 1.54) is 11.6 Å². The number of nitrogens with zero attached hydrogens (tertiary/aromatic N) is 3. The van der Waals surface area contributed by atoms with Gasteiger partial charge in [-0.25, -0.2) is 9.78 Å². The molecule has 0 aromatic carbocycles. The van der Waals surface area contributed by atoms with Crippen LogP contribution in [0.3, 0.4) is 0 Å². The minimum absolute atomic E-state index is 0.165. The maximum Gasteiger partial charge on any atom is 0.367 e.